The van der Waals surface area contributed by atoms with Crippen molar-refractivity contribution in [1.82, 2.24) is 20.4 Å². The summed E-state index contributed by atoms with van der Waals surface area (Å²) < 4.78 is 7.06. The predicted octanol–water partition coefficient (Wildman–Crippen LogP) is 2.83. The maximum absolute atomic E-state index is 5.20. The molecule has 7 heteroatoms. The Balaban J connectivity index is 1.59. The van der Waals surface area contributed by atoms with E-state index in [0.717, 1.165) is 36.2 Å². The average molecular weight is 374 g/mol. The number of thioether (sulfide) groups is 1. The summed E-state index contributed by atoms with van der Waals surface area (Å²) in [6.07, 6.45) is 4.58. The number of guanidine groups is 1. The molecule has 0 bridgehead atoms. The molecule has 1 aliphatic rings. The van der Waals surface area contributed by atoms with Crippen LogP contribution in [0, 0.1) is 0 Å². The lowest BCUT2D eigenvalue weighted by atomic mass is 10.2. The highest BCUT2D eigenvalue weighted by molar-refractivity contribution is 8.00. The first-order valence-corrected chi connectivity index (χ1v) is 10.2. The van der Waals surface area contributed by atoms with E-state index in [1.54, 1.807) is 7.11 Å². The largest absolute Gasteiger partial charge is 0.497 e. The molecule has 2 aromatic rings. The molecular formula is C19H27N5OS. The number of hydrogen-bond donors (Lipinski definition) is 2. The molecule has 0 radical (unpaired) electrons. The van der Waals surface area contributed by atoms with Gasteiger partial charge in [0, 0.05) is 24.5 Å². The van der Waals surface area contributed by atoms with E-state index in [4.69, 9.17) is 4.74 Å². The van der Waals surface area contributed by atoms with Gasteiger partial charge in [-0.05, 0) is 55.9 Å². The number of nitrogens with zero attached hydrogens (tertiary/aromatic N) is 3. The Morgan fingerprint density at radius 1 is 1.31 bits per heavy atom. The van der Waals surface area contributed by atoms with Crippen LogP contribution in [0.1, 0.15) is 25.5 Å². The molecule has 1 aromatic carbocycles. The molecule has 0 amide bonds. The van der Waals surface area contributed by atoms with Gasteiger partial charge in [0.25, 0.3) is 0 Å². The molecule has 1 saturated heterocycles. The van der Waals surface area contributed by atoms with E-state index in [1.165, 1.54) is 18.6 Å². The van der Waals surface area contributed by atoms with Crippen molar-refractivity contribution in [3.63, 3.8) is 0 Å². The van der Waals surface area contributed by atoms with Crippen molar-refractivity contribution in [2.45, 2.75) is 31.6 Å². The minimum absolute atomic E-state index is 0.552. The zero-order valence-corrected chi connectivity index (χ0v) is 16.3. The van der Waals surface area contributed by atoms with Crippen LogP contribution in [0.3, 0.4) is 0 Å². The molecule has 26 heavy (non-hydrogen) atoms. The minimum Gasteiger partial charge on any atom is -0.497 e. The molecule has 6 nitrogen and oxygen atoms in total. The Labute approximate surface area is 159 Å². The first-order chi connectivity index (χ1) is 12.8. The molecule has 2 N–H and O–H groups in total. The lowest BCUT2D eigenvalue weighted by molar-refractivity contribution is 0.414. The summed E-state index contributed by atoms with van der Waals surface area (Å²) in [4.78, 5) is 4.67. The second-order valence-corrected chi connectivity index (χ2v) is 7.57. The average Bonchev–Trinajstić information content (AvgIpc) is 3.36. The Hall–Kier alpha value is -2.15. The van der Waals surface area contributed by atoms with Gasteiger partial charge in [0.2, 0.25) is 0 Å². The van der Waals surface area contributed by atoms with E-state index in [0.29, 0.717) is 11.8 Å². The summed E-state index contributed by atoms with van der Waals surface area (Å²) in [6, 6.07) is 9.85. The monoisotopic (exact) mass is 373 g/mol. The number of methoxy groups -OCH3 is 1. The van der Waals surface area contributed by atoms with Crippen LogP contribution in [0.5, 0.6) is 5.75 Å². The van der Waals surface area contributed by atoms with Crippen LogP contribution >= 0.6 is 11.8 Å². The van der Waals surface area contributed by atoms with E-state index in [-0.39, 0.29) is 0 Å². The molecule has 1 aromatic heterocycles. The van der Waals surface area contributed by atoms with Gasteiger partial charge in [0.1, 0.15) is 5.75 Å². The number of rotatable bonds is 7. The van der Waals surface area contributed by atoms with Crippen LogP contribution in [-0.2, 0) is 6.54 Å². The molecular weight excluding hydrogens is 346 g/mol. The van der Waals surface area contributed by atoms with Crippen LogP contribution in [0.2, 0.25) is 0 Å². The Morgan fingerprint density at radius 2 is 2.15 bits per heavy atom. The molecule has 1 aliphatic heterocycles. The summed E-state index contributed by atoms with van der Waals surface area (Å²) in [6.45, 7) is 4.46. The first-order valence-electron chi connectivity index (χ1n) is 9.11. The Kier molecular flexibility index (Phi) is 6.82. The van der Waals surface area contributed by atoms with Crippen molar-refractivity contribution in [3.8, 4) is 11.4 Å². The SMILES string of the molecule is CCNC(=NCc1ccn(-c2ccc(OC)cc2)n1)NCC1CCCS1. The topological polar surface area (TPSA) is 63.5 Å². The molecule has 1 atom stereocenters. The quantitative estimate of drug-likeness (QED) is 0.577. The second kappa shape index (κ2) is 9.52. The highest BCUT2D eigenvalue weighted by Crippen LogP contribution is 2.25. The molecule has 140 valence electrons. The van der Waals surface area contributed by atoms with Gasteiger partial charge in [0.15, 0.2) is 5.96 Å². The second-order valence-electron chi connectivity index (χ2n) is 6.16. The van der Waals surface area contributed by atoms with E-state index >= 15 is 0 Å². The van der Waals surface area contributed by atoms with Gasteiger partial charge in [-0.3, -0.25) is 0 Å². The standard InChI is InChI=1S/C19H27N5OS/c1-3-20-19(22-14-18-5-4-12-26-18)21-13-15-10-11-24(23-15)16-6-8-17(25-2)9-7-16/h6-11,18H,3-5,12-14H2,1-2H3,(H2,20,21,22). The van der Waals surface area contributed by atoms with Crippen molar-refractivity contribution in [2.24, 2.45) is 4.99 Å². The number of nitrogens with one attached hydrogen (secondary N) is 2. The van der Waals surface area contributed by atoms with E-state index in [2.05, 4.69) is 39.4 Å². The van der Waals surface area contributed by atoms with E-state index in [1.807, 2.05) is 41.2 Å². The van der Waals surface area contributed by atoms with Crippen molar-refractivity contribution in [1.29, 1.82) is 0 Å². The summed E-state index contributed by atoms with van der Waals surface area (Å²) in [5, 5.41) is 12.1. The molecule has 0 saturated carbocycles. The highest BCUT2D eigenvalue weighted by Gasteiger charge is 2.15. The lowest BCUT2D eigenvalue weighted by Crippen LogP contribution is -2.40. The molecule has 1 unspecified atom stereocenters. The Bertz CT molecular complexity index is 707. The number of aliphatic imine (C=N–C) groups is 1. The smallest absolute Gasteiger partial charge is 0.191 e. The maximum Gasteiger partial charge on any atom is 0.191 e. The summed E-state index contributed by atoms with van der Waals surface area (Å²) in [7, 11) is 1.67. The van der Waals surface area contributed by atoms with Crippen LogP contribution in [0.4, 0.5) is 0 Å². The summed E-state index contributed by atoms with van der Waals surface area (Å²) in [5.41, 5.74) is 1.94. The molecule has 0 aliphatic carbocycles. The van der Waals surface area contributed by atoms with Crippen molar-refractivity contribution in [2.75, 3.05) is 26.0 Å². The zero-order chi connectivity index (χ0) is 18.2. The third-order valence-corrected chi connectivity index (χ3v) is 5.64. The van der Waals surface area contributed by atoms with Crippen LogP contribution in [-0.4, -0.2) is 46.9 Å². The molecule has 2 heterocycles. The van der Waals surface area contributed by atoms with E-state index < -0.39 is 0 Å². The number of benzene rings is 1. The van der Waals surface area contributed by atoms with Crippen LogP contribution < -0.4 is 15.4 Å². The van der Waals surface area contributed by atoms with Crippen molar-refractivity contribution in [3.05, 3.63) is 42.2 Å². The highest BCUT2D eigenvalue weighted by atomic mass is 32.2. The van der Waals surface area contributed by atoms with Gasteiger partial charge >= 0.3 is 0 Å². The molecule has 3 rings (SSSR count). The van der Waals surface area contributed by atoms with Crippen LogP contribution in [0.25, 0.3) is 5.69 Å². The van der Waals surface area contributed by atoms with Gasteiger partial charge in [-0.15, -0.1) is 0 Å². The predicted molar refractivity (Wildman–Crippen MR) is 108 cm³/mol. The fourth-order valence-corrected chi connectivity index (χ4v) is 4.04. The fourth-order valence-electron chi connectivity index (χ4n) is 2.84. The van der Waals surface area contributed by atoms with Crippen molar-refractivity contribution < 1.29 is 4.74 Å². The van der Waals surface area contributed by atoms with Crippen LogP contribution in [0.15, 0.2) is 41.5 Å². The van der Waals surface area contributed by atoms with Gasteiger partial charge in [-0.1, -0.05) is 0 Å². The number of hydrogen-bond acceptors (Lipinski definition) is 4. The Morgan fingerprint density at radius 3 is 2.85 bits per heavy atom. The summed E-state index contributed by atoms with van der Waals surface area (Å²) in [5.74, 6) is 2.98. The van der Waals surface area contributed by atoms with Gasteiger partial charge in [0.05, 0.1) is 25.0 Å². The number of aromatic nitrogens is 2. The third kappa shape index (κ3) is 5.17. The van der Waals surface area contributed by atoms with Gasteiger partial charge < -0.3 is 15.4 Å². The van der Waals surface area contributed by atoms with E-state index in [9.17, 15) is 0 Å². The maximum atomic E-state index is 5.20. The summed E-state index contributed by atoms with van der Waals surface area (Å²) >= 11 is 2.05. The third-order valence-electron chi connectivity index (χ3n) is 4.25. The molecule has 1 fully saturated rings. The van der Waals surface area contributed by atoms with Crippen molar-refractivity contribution >= 4 is 17.7 Å². The lowest BCUT2D eigenvalue weighted by Gasteiger charge is -2.14. The fraction of sp³-hybridized carbons (Fsp3) is 0.474. The zero-order valence-electron chi connectivity index (χ0n) is 15.4. The van der Waals surface area contributed by atoms with Gasteiger partial charge in [-0.2, -0.15) is 16.9 Å². The normalized spacial score (nSPS) is 17.3. The number of ether oxygens (including phenoxy) is 1. The minimum atomic E-state index is 0.552. The first kappa shape index (κ1) is 18.6. The van der Waals surface area contributed by atoms with Gasteiger partial charge in [-0.25, -0.2) is 9.67 Å². The molecule has 0 spiro atoms.